The fraction of sp³-hybridized carbons (Fsp3) is 0.250. The standard InChI is InChI=1S/C28H30N6O2S2/c1-17-9-12-25(30-16-17)33-19(3)15-22(20(33)4)27-26(24-8-6-7-13-29-24)31-28(37)34(27)21-10-11-23(18(2)14-21)32-38(5,35)36/h6-16,26-27,32H,1-5H3,(H,31,37). The Hall–Kier alpha value is -3.76. The molecule has 1 fully saturated rings. The highest BCUT2D eigenvalue weighted by Gasteiger charge is 2.42. The number of sulfonamides is 1. The van der Waals surface area contributed by atoms with Crippen LogP contribution < -0.4 is 14.9 Å². The number of aromatic nitrogens is 3. The molecule has 0 aliphatic carbocycles. The van der Waals surface area contributed by atoms with Crippen LogP contribution in [-0.2, 0) is 10.0 Å². The zero-order valence-corrected chi connectivity index (χ0v) is 23.6. The Kier molecular flexibility index (Phi) is 6.70. The molecular formula is C28H30N6O2S2. The predicted octanol–water partition coefficient (Wildman–Crippen LogP) is 5.05. The molecule has 10 heteroatoms. The summed E-state index contributed by atoms with van der Waals surface area (Å²) in [5, 5.41) is 4.08. The van der Waals surface area contributed by atoms with Gasteiger partial charge in [-0.1, -0.05) is 12.1 Å². The summed E-state index contributed by atoms with van der Waals surface area (Å²) in [4.78, 5) is 11.4. The second-order valence-electron chi connectivity index (χ2n) is 9.73. The van der Waals surface area contributed by atoms with E-state index in [1.54, 1.807) is 12.3 Å². The van der Waals surface area contributed by atoms with Gasteiger partial charge in [0.1, 0.15) is 5.82 Å². The highest BCUT2D eigenvalue weighted by atomic mass is 32.2. The van der Waals surface area contributed by atoms with Crippen molar-refractivity contribution in [3.05, 3.63) is 101 Å². The van der Waals surface area contributed by atoms with Crippen molar-refractivity contribution in [2.75, 3.05) is 15.9 Å². The van der Waals surface area contributed by atoms with Crippen LogP contribution in [-0.4, -0.2) is 34.3 Å². The molecule has 5 rings (SSSR count). The molecule has 38 heavy (non-hydrogen) atoms. The van der Waals surface area contributed by atoms with Gasteiger partial charge in [0.2, 0.25) is 10.0 Å². The average molecular weight is 547 g/mol. The first-order valence-electron chi connectivity index (χ1n) is 12.2. The number of pyridine rings is 2. The van der Waals surface area contributed by atoms with E-state index >= 15 is 0 Å². The van der Waals surface area contributed by atoms with E-state index in [-0.39, 0.29) is 12.1 Å². The Morgan fingerprint density at radius 2 is 1.79 bits per heavy atom. The van der Waals surface area contributed by atoms with Gasteiger partial charge in [0.25, 0.3) is 0 Å². The highest BCUT2D eigenvalue weighted by molar-refractivity contribution is 7.92. The number of benzene rings is 1. The molecule has 0 radical (unpaired) electrons. The zero-order valence-electron chi connectivity index (χ0n) is 21.9. The molecule has 0 spiro atoms. The van der Waals surface area contributed by atoms with Gasteiger partial charge >= 0.3 is 0 Å². The summed E-state index contributed by atoms with van der Waals surface area (Å²) < 4.78 is 28.4. The van der Waals surface area contributed by atoms with Gasteiger partial charge in [-0.15, -0.1) is 0 Å². The monoisotopic (exact) mass is 546 g/mol. The lowest BCUT2D eigenvalue weighted by Gasteiger charge is -2.28. The Morgan fingerprint density at radius 1 is 1.00 bits per heavy atom. The van der Waals surface area contributed by atoms with E-state index in [0.29, 0.717) is 10.8 Å². The minimum Gasteiger partial charge on any atom is -0.351 e. The van der Waals surface area contributed by atoms with Crippen molar-refractivity contribution >= 4 is 38.7 Å². The molecule has 196 valence electrons. The summed E-state index contributed by atoms with van der Waals surface area (Å²) in [5.74, 6) is 0.860. The Balaban J connectivity index is 1.65. The SMILES string of the molecule is Cc1ccc(-n2c(C)cc(C3C(c4ccccn4)NC(=S)N3c3ccc(NS(C)(=O)=O)c(C)c3)c2C)nc1. The fourth-order valence-corrected chi connectivity index (χ4v) is 6.07. The first kappa shape index (κ1) is 25.9. The number of anilines is 2. The van der Waals surface area contributed by atoms with Crippen molar-refractivity contribution in [2.24, 2.45) is 0 Å². The molecule has 1 aliphatic heterocycles. The number of hydrogen-bond donors (Lipinski definition) is 2. The maximum absolute atomic E-state index is 11.8. The van der Waals surface area contributed by atoms with E-state index in [2.05, 4.69) is 55.5 Å². The summed E-state index contributed by atoms with van der Waals surface area (Å²) in [5.41, 5.74) is 7.41. The van der Waals surface area contributed by atoms with Gasteiger partial charge in [-0.05, 0) is 99.1 Å². The molecule has 1 aliphatic rings. The third kappa shape index (κ3) is 4.89. The van der Waals surface area contributed by atoms with Gasteiger partial charge in [0.15, 0.2) is 5.11 Å². The van der Waals surface area contributed by atoms with E-state index in [9.17, 15) is 8.42 Å². The summed E-state index contributed by atoms with van der Waals surface area (Å²) in [7, 11) is -3.40. The number of nitrogens with zero attached hydrogens (tertiary/aromatic N) is 4. The molecular weight excluding hydrogens is 516 g/mol. The molecule has 3 aromatic heterocycles. The van der Waals surface area contributed by atoms with Crippen LogP contribution in [0.3, 0.4) is 0 Å². The lowest BCUT2D eigenvalue weighted by Crippen LogP contribution is -2.29. The lowest BCUT2D eigenvalue weighted by atomic mass is 9.96. The molecule has 4 aromatic rings. The molecule has 2 atom stereocenters. The van der Waals surface area contributed by atoms with Crippen LogP contribution in [0.4, 0.5) is 11.4 Å². The van der Waals surface area contributed by atoms with E-state index in [0.717, 1.165) is 51.5 Å². The number of hydrogen-bond acceptors (Lipinski definition) is 5. The van der Waals surface area contributed by atoms with Crippen LogP contribution >= 0.6 is 12.2 Å². The van der Waals surface area contributed by atoms with Crippen molar-refractivity contribution in [1.82, 2.24) is 19.9 Å². The number of aryl methyl sites for hydroxylation is 3. The molecule has 1 saturated heterocycles. The van der Waals surface area contributed by atoms with Crippen molar-refractivity contribution < 1.29 is 8.42 Å². The molecule has 2 N–H and O–H groups in total. The first-order chi connectivity index (χ1) is 18.0. The Bertz CT molecular complexity index is 1620. The van der Waals surface area contributed by atoms with Gasteiger partial charge in [0.05, 0.1) is 29.7 Å². The van der Waals surface area contributed by atoms with Crippen LogP contribution in [0.5, 0.6) is 0 Å². The van der Waals surface area contributed by atoms with Crippen molar-refractivity contribution in [3.63, 3.8) is 0 Å². The average Bonchev–Trinajstić information content (AvgIpc) is 3.36. The lowest BCUT2D eigenvalue weighted by molar-refractivity contribution is 0.565. The van der Waals surface area contributed by atoms with Crippen LogP contribution in [0.2, 0.25) is 0 Å². The number of nitrogens with one attached hydrogen (secondary N) is 2. The summed E-state index contributed by atoms with van der Waals surface area (Å²) in [6.07, 6.45) is 4.80. The molecule has 0 amide bonds. The van der Waals surface area contributed by atoms with Crippen molar-refractivity contribution in [2.45, 2.75) is 39.8 Å². The first-order valence-corrected chi connectivity index (χ1v) is 14.5. The van der Waals surface area contributed by atoms with Gasteiger partial charge in [-0.2, -0.15) is 0 Å². The molecule has 2 unspecified atom stereocenters. The van der Waals surface area contributed by atoms with Crippen molar-refractivity contribution in [1.29, 1.82) is 0 Å². The summed E-state index contributed by atoms with van der Waals surface area (Å²) >= 11 is 5.89. The van der Waals surface area contributed by atoms with Gasteiger partial charge in [0, 0.05) is 29.5 Å². The van der Waals surface area contributed by atoms with Crippen LogP contribution in [0.1, 0.15) is 45.9 Å². The van der Waals surface area contributed by atoms with Crippen LogP contribution in [0.25, 0.3) is 5.82 Å². The summed E-state index contributed by atoms with van der Waals surface area (Å²) in [6, 6.07) is 17.4. The molecule has 0 bridgehead atoms. The Morgan fingerprint density at radius 3 is 2.42 bits per heavy atom. The fourth-order valence-electron chi connectivity index (χ4n) is 5.09. The molecule has 0 saturated carbocycles. The second kappa shape index (κ2) is 9.85. The van der Waals surface area contributed by atoms with Crippen LogP contribution in [0, 0.1) is 27.7 Å². The smallest absolute Gasteiger partial charge is 0.229 e. The Labute approximate surface area is 228 Å². The maximum atomic E-state index is 11.8. The minimum absolute atomic E-state index is 0.197. The van der Waals surface area contributed by atoms with E-state index < -0.39 is 10.0 Å². The van der Waals surface area contributed by atoms with E-state index in [1.165, 1.54) is 0 Å². The molecule has 4 heterocycles. The topological polar surface area (TPSA) is 92.2 Å². The normalized spacial score (nSPS) is 17.5. The predicted molar refractivity (Wildman–Crippen MR) is 155 cm³/mol. The number of thiocarbonyl (C=S) groups is 1. The second-order valence-corrected chi connectivity index (χ2v) is 11.9. The molecule has 1 aromatic carbocycles. The third-order valence-corrected chi connectivity index (χ3v) is 7.70. The van der Waals surface area contributed by atoms with Gasteiger partial charge in [-0.3, -0.25) is 9.71 Å². The van der Waals surface area contributed by atoms with E-state index in [4.69, 9.17) is 12.2 Å². The van der Waals surface area contributed by atoms with Crippen molar-refractivity contribution in [3.8, 4) is 5.82 Å². The quantitative estimate of drug-likeness (QED) is 0.327. The zero-order chi connectivity index (χ0) is 27.2. The van der Waals surface area contributed by atoms with Gasteiger partial charge in [-0.25, -0.2) is 13.4 Å². The highest BCUT2D eigenvalue weighted by Crippen LogP contribution is 2.44. The van der Waals surface area contributed by atoms with Gasteiger partial charge < -0.3 is 14.8 Å². The number of rotatable bonds is 6. The molecule has 8 nitrogen and oxygen atoms in total. The summed E-state index contributed by atoms with van der Waals surface area (Å²) in [6.45, 7) is 8.08. The van der Waals surface area contributed by atoms with E-state index in [1.807, 2.05) is 56.4 Å². The largest absolute Gasteiger partial charge is 0.351 e. The minimum atomic E-state index is -3.40. The maximum Gasteiger partial charge on any atom is 0.229 e. The third-order valence-electron chi connectivity index (χ3n) is 6.80. The van der Waals surface area contributed by atoms with Crippen LogP contribution in [0.15, 0.2) is 67.0 Å².